The average molecular weight is 639 g/mol. The fourth-order valence-corrected chi connectivity index (χ4v) is 5.42. The first kappa shape index (κ1) is 31.5. The summed E-state index contributed by atoms with van der Waals surface area (Å²) in [6, 6.07) is 6.98. The number of nitriles is 1. The number of hydrogen-bond donors (Lipinski definition) is 4. The van der Waals surface area contributed by atoms with E-state index >= 15 is 0 Å². The Morgan fingerprint density at radius 1 is 1.18 bits per heavy atom. The van der Waals surface area contributed by atoms with Crippen LogP contribution in [-0.2, 0) is 0 Å². The Hall–Kier alpha value is -3.96. The minimum atomic E-state index is -4.51. The molecule has 2 aromatic heterocycles. The van der Waals surface area contributed by atoms with E-state index in [-0.39, 0.29) is 40.0 Å². The smallest absolute Gasteiger partial charge is 0.382 e. The van der Waals surface area contributed by atoms with Crippen LogP contribution in [0.5, 0.6) is 0 Å². The normalized spacial score (nSPS) is 17.1. The van der Waals surface area contributed by atoms with E-state index in [1.807, 2.05) is 6.07 Å². The van der Waals surface area contributed by atoms with Crippen LogP contribution in [0, 0.1) is 29.6 Å². The zero-order chi connectivity index (χ0) is 32.2. The van der Waals surface area contributed by atoms with Crippen LogP contribution >= 0.6 is 11.6 Å². The van der Waals surface area contributed by atoms with Crippen LogP contribution in [0.2, 0.25) is 5.02 Å². The van der Waals surface area contributed by atoms with Gasteiger partial charge in [-0.1, -0.05) is 17.7 Å². The number of aromatic nitrogens is 2. The van der Waals surface area contributed by atoms with Crippen molar-refractivity contribution in [2.24, 2.45) is 5.41 Å². The second-order valence-electron chi connectivity index (χ2n) is 11.6. The summed E-state index contributed by atoms with van der Waals surface area (Å²) >= 11 is 6.60. The number of alkyl halides is 5. The highest BCUT2D eigenvalue weighted by atomic mass is 35.5. The average Bonchev–Trinajstić information content (AvgIpc) is 3.66. The summed E-state index contributed by atoms with van der Waals surface area (Å²) in [5.74, 6) is -0.703. The highest BCUT2D eigenvalue weighted by molar-refractivity contribution is 6.35. The monoisotopic (exact) mass is 638 g/mol. The van der Waals surface area contributed by atoms with Crippen LogP contribution in [0.15, 0.2) is 41.9 Å². The molecular weight excluding hydrogens is 610 g/mol. The number of hydrazine groups is 2. The molecule has 0 bridgehead atoms. The maximum atomic E-state index is 14.0. The molecule has 44 heavy (non-hydrogen) atoms. The van der Waals surface area contributed by atoms with E-state index in [2.05, 4.69) is 31.6 Å². The number of fused-ring (bicyclic) bond motifs is 1. The molecule has 8 nitrogen and oxygen atoms in total. The van der Waals surface area contributed by atoms with Crippen LogP contribution in [0.3, 0.4) is 0 Å². The number of allylic oxidation sites excluding steroid dienone is 1. The van der Waals surface area contributed by atoms with Crippen LogP contribution < -0.4 is 21.6 Å². The Bertz CT molecular complexity index is 1680. The third-order valence-corrected chi connectivity index (χ3v) is 8.45. The quantitative estimate of drug-likeness (QED) is 0.145. The summed E-state index contributed by atoms with van der Waals surface area (Å²) in [6.07, 6.45) is -5.32. The molecule has 0 saturated heterocycles. The van der Waals surface area contributed by atoms with Gasteiger partial charge in [-0.25, -0.2) is 13.8 Å². The van der Waals surface area contributed by atoms with Crippen LogP contribution in [-0.4, -0.2) is 39.7 Å². The summed E-state index contributed by atoms with van der Waals surface area (Å²) in [4.78, 5) is 8.18. The molecule has 1 atom stereocenters. The Balaban J connectivity index is 1.60. The molecule has 1 aromatic carbocycles. The highest BCUT2D eigenvalue weighted by Gasteiger charge is 2.58. The van der Waals surface area contributed by atoms with Gasteiger partial charge in [-0.2, -0.15) is 22.8 Å². The molecule has 1 saturated carbocycles. The molecule has 2 aliphatic rings. The topological polar surface area (TPSA) is 101 Å². The molecule has 1 fully saturated rings. The predicted octanol–water partition coefficient (Wildman–Crippen LogP) is 7.11. The summed E-state index contributed by atoms with van der Waals surface area (Å²) in [7, 11) is 0. The molecule has 15 heteroatoms. The number of benzene rings is 1. The first-order chi connectivity index (χ1) is 20.6. The van der Waals surface area contributed by atoms with E-state index in [0.29, 0.717) is 28.3 Å². The standard InChI is InChI=1S/C29H29ClF6N8/c1-14-18(5-6-21(31)40-14)25(22-15(2)44(43-42-22)28(7-8-28)26(32)33)41-17-9-19-23(39-13-27(3,4)29(34,35)36)16(11-37)12-38-24(19)20(30)10-17/h5-6,9-10,12,25-26,41-43H,7-8,13H2,1-4H3,(H,38,39)/t25-/m0/s1. The van der Waals surface area contributed by atoms with E-state index in [0.717, 1.165) is 13.8 Å². The highest BCUT2D eigenvalue weighted by Crippen LogP contribution is 2.49. The van der Waals surface area contributed by atoms with Crippen molar-refractivity contribution in [3.8, 4) is 6.07 Å². The third kappa shape index (κ3) is 5.54. The molecule has 0 amide bonds. The number of nitrogens with zero attached hydrogens (tertiary/aromatic N) is 4. The van der Waals surface area contributed by atoms with Gasteiger partial charge in [0.25, 0.3) is 6.43 Å². The van der Waals surface area contributed by atoms with E-state index < -0.39 is 42.1 Å². The van der Waals surface area contributed by atoms with Crippen molar-refractivity contribution >= 4 is 33.9 Å². The van der Waals surface area contributed by atoms with Gasteiger partial charge < -0.3 is 16.1 Å². The second-order valence-corrected chi connectivity index (χ2v) is 12.0. The Morgan fingerprint density at radius 3 is 2.48 bits per heavy atom. The molecule has 234 valence electrons. The van der Waals surface area contributed by atoms with Gasteiger partial charge >= 0.3 is 6.18 Å². The first-order valence-electron chi connectivity index (χ1n) is 13.6. The summed E-state index contributed by atoms with van der Waals surface area (Å²) in [5, 5.41) is 17.6. The number of pyridine rings is 2. The third-order valence-electron chi connectivity index (χ3n) is 8.16. The van der Waals surface area contributed by atoms with Gasteiger partial charge in [-0.15, -0.1) is 5.53 Å². The Kier molecular flexibility index (Phi) is 8.00. The lowest BCUT2D eigenvalue weighted by molar-refractivity contribution is -0.206. The SMILES string of the molecule is CC1=C([C@@H](Nc2cc(Cl)c3ncc(C#N)c(NCC(C)(C)C(F)(F)F)c3c2)c2ccc(F)nc2C)NNN1C1(C(F)F)CC1. The number of halogens is 7. The Labute approximate surface area is 254 Å². The number of anilines is 2. The number of hydrogen-bond acceptors (Lipinski definition) is 8. The fourth-order valence-electron chi connectivity index (χ4n) is 5.15. The van der Waals surface area contributed by atoms with E-state index in [9.17, 15) is 31.6 Å². The molecule has 3 heterocycles. The van der Waals surface area contributed by atoms with Gasteiger partial charge in [0, 0.05) is 35.1 Å². The molecule has 0 spiro atoms. The lowest BCUT2D eigenvalue weighted by atomic mass is 9.92. The second kappa shape index (κ2) is 11.2. The largest absolute Gasteiger partial charge is 0.395 e. The maximum Gasteiger partial charge on any atom is 0.395 e. The van der Waals surface area contributed by atoms with Crippen LogP contribution in [0.1, 0.15) is 56.5 Å². The fraction of sp³-hybridized carbons (Fsp3) is 0.414. The lowest BCUT2D eigenvalue weighted by Gasteiger charge is -2.29. The van der Waals surface area contributed by atoms with Crippen molar-refractivity contribution in [2.45, 2.75) is 64.7 Å². The van der Waals surface area contributed by atoms with E-state index in [1.54, 1.807) is 26.0 Å². The molecule has 5 rings (SSSR count). The van der Waals surface area contributed by atoms with Gasteiger partial charge in [0.1, 0.15) is 11.6 Å². The summed E-state index contributed by atoms with van der Waals surface area (Å²) in [5.41, 5.74) is 4.84. The summed E-state index contributed by atoms with van der Waals surface area (Å²) in [6.45, 7) is 4.83. The molecular formula is C29H29ClF6N8. The van der Waals surface area contributed by atoms with Gasteiger partial charge in [-0.3, -0.25) is 9.99 Å². The van der Waals surface area contributed by atoms with Crippen molar-refractivity contribution in [2.75, 3.05) is 17.2 Å². The first-order valence-corrected chi connectivity index (χ1v) is 14.0. The molecule has 0 unspecified atom stereocenters. The minimum absolute atomic E-state index is 0.0106. The van der Waals surface area contributed by atoms with E-state index in [4.69, 9.17) is 11.6 Å². The Morgan fingerprint density at radius 2 is 1.89 bits per heavy atom. The zero-order valence-corrected chi connectivity index (χ0v) is 24.9. The van der Waals surface area contributed by atoms with Crippen LogP contribution in [0.4, 0.5) is 37.7 Å². The molecule has 4 N–H and O–H groups in total. The van der Waals surface area contributed by atoms with Crippen molar-refractivity contribution in [1.29, 1.82) is 5.26 Å². The number of rotatable bonds is 9. The van der Waals surface area contributed by atoms with Crippen molar-refractivity contribution < 1.29 is 26.3 Å². The van der Waals surface area contributed by atoms with Crippen molar-refractivity contribution in [3.05, 3.63) is 69.6 Å². The van der Waals surface area contributed by atoms with Crippen LogP contribution in [0.25, 0.3) is 10.9 Å². The van der Waals surface area contributed by atoms with Gasteiger partial charge in [0.15, 0.2) is 0 Å². The minimum Gasteiger partial charge on any atom is -0.382 e. The molecule has 1 aliphatic carbocycles. The van der Waals surface area contributed by atoms with Gasteiger partial charge in [-0.05, 0) is 58.7 Å². The van der Waals surface area contributed by atoms with Crippen molar-refractivity contribution in [1.82, 2.24) is 25.9 Å². The van der Waals surface area contributed by atoms with Crippen molar-refractivity contribution in [3.63, 3.8) is 0 Å². The lowest BCUT2D eigenvalue weighted by Crippen LogP contribution is -2.49. The predicted molar refractivity (Wildman–Crippen MR) is 154 cm³/mol. The maximum absolute atomic E-state index is 14.0. The van der Waals surface area contributed by atoms with Gasteiger partial charge in [0.05, 0.1) is 44.6 Å². The van der Waals surface area contributed by atoms with Gasteiger partial charge in [0.2, 0.25) is 5.95 Å². The molecule has 1 aliphatic heterocycles. The zero-order valence-electron chi connectivity index (χ0n) is 24.1. The molecule has 0 radical (unpaired) electrons. The summed E-state index contributed by atoms with van der Waals surface area (Å²) < 4.78 is 82.8. The molecule has 3 aromatic rings. The van der Waals surface area contributed by atoms with E-state index in [1.165, 1.54) is 23.3 Å². The number of nitrogens with one attached hydrogen (secondary N) is 4. The number of aryl methyl sites for hydroxylation is 1.